The highest BCUT2D eigenvalue weighted by atomic mass is 16.4. The zero-order chi connectivity index (χ0) is 22.1. The summed E-state index contributed by atoms with van der Waals surface area (Å²) in [6, 6.07) is 13.6. The van der Waals surface area contributed by atoms with E-state index >= 15 is 0 Å². The Morgan fingerprint density at radius 2 is 1.81 bits per heavy atom. The molecule has 0 spiro atoms. The Labute approximate surface area is 183 Å². The highest BCUT2D eigenvalue weighted by molar-refractivity contribution is 5.86. The molecule has 1 aliphatic heterocycles. The van der Waals surface area contributed by atoms with E-state index < -0.39 is 6.09 Å². The van der Waals surface area contributed by atoms with E-state index in [1.807, 2.05) is 24.3 Å². The van der Waals surface area contributed by atoms with Crippen LogP contribution in [0.4, 0.5) is 4.79 Å². The molecule has 0 radical (unpaired) electrons. The lowest BCUT2D eigenvalue weighted by atomic mass is 10.1. The molecule has 9 heteroatoms. The molecule has 3 aromatic heterocycles. The molecule has 0 bridgehead atoms. The van der Waals surface area contributed by atoms with Crippen LogP contribution in [0.3, 0.4) is 0 Å². The molecule has 0 atom stereocenters. The molecule has 1 saturated heterocycles. The number of hydrogen-bond donors (Lipinski definition) is 3. The predicted molar refractivity (Wildman–Crippen MR) is 120 cm³/mol. The minimum atomic E-state index is -0.858. The average Bonchev–Trinajstić information content (AvgIpc) is 3.23. The third-order valence-electron chi connectivity index (χ3n) is 5.81. The summed E-state index contributed by atoms with van der Waals surface area (Å²) in [5.41, 5.74) is 4.62. The maximum atomic E-state index is 12.5. The summed E-state index contributed by atoms with van der Waals surface area (Å²) in [6.07, 6.45) is 2.52. The Morgan fingerprint density at radius 1 is 1.03 bits per heavy atom. The highest BCUT2D eigenvalue weighted by Crippen LogP contribution is 2.25. The predicted octanol–water partition coefficient (Wildman–Crippen LogP) is 2.78. The lowest BCUT2D eigenvalue weighted by Crippen LogP contribution is -2.47. The van der Waals surface area contributed by atoms with E-state index in [4.69, 9.17) is 5.11 Å². The molecule has 3 N–H and O–H groups in total. The van der Waals surface area contributed by atoms with E-state index in [0.29, 0.717) is 37.4 Å². The summed E-state index contributed by atoms with van der Waals surface area (Å²) in [5, 5.41) is 16.9. The van der Waals surface area contributed by atoms with Gasteiger partial charge < -0.3 is 15.0 Å². The van der Waals surface area contributed by atoms with Gasteiger partial charge in [0.15, 0.2) is 0 Å². The van der Waals surface area contributed by atoms with Crippen LogP contribution in [0, 0.1) is 0 Å². The van der Waals surface area contributed by atoms with Gasteiger partial charge in [-0.25, -0.2) is 9.89 Å². The van der Waals surface area contributed by atoms with Gasteiger partial charge in [-0.15, -0.1) is 0 Å². The number of hydrogen-bond acceptors (Lipinski definition) is 5. The topological polar surface area (TPSA) is 118 Å². The first-order valence-electron chi connectivity index (χ1n) is 10.4. The van der Waals surface area contributed by atoms with Gasteiger partial charge in [0.1, 0.15) is 0 Å². The fourth-order valence-electron chi connectivity index (χ4n) is 4.05. The number of aromatic amines is 2. The van der Waals surface area contributed by atoms with Crippen LogP contribution >= 0.6 is 0 Å². The second-order valence-electron chi connectivity index (χ2n) is 7.88. The van der Waals surface area contributed by atoms with Crippen molar-refractivity contribution < 1.29 is 9.90 Å². The third-order valence-corrected chi connectivity index (χ3v) is 5.81. The average molecular weight is 430 g/mol. The van der Waals surface area contributed by atoms with Crippen LogP contribution in [0.15, 0.2) is 59.7 Å². The summed E-state index contributed by atoms with van der Waals surface area (Å²) in [7, 11) is 0. The maximum absolute atomic E-state index is 12.5. The smallest absolute Gasteiger partial charge is 0.407 e. The van der Waals surface area contributed by atoms with Crippen molar-refractivity contribution in [1.29, 1.82) is 0 Å². The molecule has 9 nitrogen and oxygen atoms in total. The molecule has 5 rings (SSSR count). The summed E-state index contributed by atoms with van der Waals surface area (Å²) >= 11 is 0. The van der Waals surface area contributed by atoms with Gasteiger partial charge >= 0.3 is 6.09 Å². The molecule has 1 fully saturated rings. The number of fused-ring (bicyclic) bond motifs is 1. The number of aromatic nitrogens is 4. The first-order valence-corrected chi connectivity index (χ1v) is 10.4. The van der Waals surface area contributed by atoms with Crippen LogP contribution in [0.5, 0.6) is 0 Å². The van der Waals surface area contributed by atoms with Crippen LogP contribution in [0.25, 0.3) is 33.4 Å². The molecule has 1 aliphatic rings. The molecule has 0 unspecified atom stereocenters. The van der Waals surface area contributed by atoms with E-state index in [9.17, 15) is 9.59 Å². The number of H-pyrrole nitrogens is 2. The van der Waals surface area contributed by atoms with Gasteiger partial charge in [0.05, 0.1) is 17.0 Å². The minimum absolute atomic E-state index is 0.258. The van der Waals surface area contributed by atoms with Crippen molar-refractivity contribution in [3.05, 3.63) is 70.8 Å². The second-order valence-corrected chi connectivity index (χ2v) is 7.88. The summed E-state index contributed by atoms with van der Waals surface area (Å²) in [4.78, 5) is 34.6. The molecule has 1 aromatic carbocycles. The number of carbonyl (C=O) groups is 1. The lowest BCUT2D eigenvalue weighted by Gasteiger charge is -2.33. The van der Waals surface area contributed by atoms with Crippen LogP contribution in [-0.4, -0.2) is 67.3 Å². The molecule has 0 saturated carbocycles. The van der Waals surface area contributed by atoms with Crippen molar-refractivity contribution >= 4 is 17.0 Å². The van der Waals surface area contributed by atoms with E-state index in [1.165, 1.54) is 4.90 Å². The van der Waals surface area contributed by atoms with Crippen molar-refractivity contribution in [2.45, 2.75) is 6.54 Å². The first-order chi connectivity index (χ1) is 15.6. The number of rotatable bonds is 4. The number of benzene rings is 1. The van der Waals surface area contributed by atoms with Gasteiger partial charge in [0.25, 0.3) is 5.56 Å². The molecule has 4 aromatic rings. The summed E-state index contributed by atoms with van der Waals surface area (Å²) in [6.45, 7) is 3.22. The molecular formula is C23H22N6O3. The van der Waals surface area contributed by atoms with Crippen LogP contribution < -0.4 is 5.56 Å². The highest BCUT2D eigenvalue weighted by Gasteiger charge is 2.20. The van der Waals surface area contributed by atoms with Gasteiger partial charge in [-0.1, -0.05) is 12.1 Å². The second kappa shape index (κ2) is 8.27. The Morgan fingerprint density at radius 3 is 2.56 bits per heavy atom. The maximum Gasteiger partial charge on any atom is 0.407 e. The van der Waals surface area contributed by atoms with Gasteiger partial charge in [0.2, 0.25) is 0 Å². The fraction of sp³-hybridized carbons (Fsp3) is 0.217. The SMILES string of the molecule is O=C(O)N1CCN(Cc2ccc3cc(-c4cc(-c5ccncc5)n[nH]c4=O)[nH]c3c2)CC1. The molecule has 1 amide bonds. The number of pyridine rings is 1. The quantitative estimate of drug-likeness (QED) is 0.458. The molecule has 162 valence electrons. The van der Waals surface area contributed by atoms with Crippen molar-refractivity contribution in [2.75, 3.05) is 26.2 Å². The lowest BCUT2D eigenvalue weighted by molar-refractivity contribution is 0.103. The molecule has 4 heterocycles. The van der Waals surface area contributed by atoms with E-state index in [-0.39, 0.29) is 5.56 Å². The van der Waals surface area contributed by atoms with Gasteiger partial charge in [-0.2, -0.15) is 5.10 Å². The van der Waals surface area contributed by atoms with Crippen LogP contribution in [0.2, 0.25) is 0 Å². The Kier molecular flexibility index (Phi) is 5.16. The fourth-order valence-corrected chi connectivity index (χ4v) is 4.05. The number of nitrogens with zero attached hydrogens (tertiary/aromatic N) is 4. The van der Waals surface area contributed by atoms with Crippen molar-refractivity contribution in [3.63, 3.8) is 0 Å². The Hall–Kier alpha value is -3.98. The summed E-state index contributed by atoms with van der Waals surface area (Å²) in [5.74, 6) is 0. The number of amides is 1. The largest absolute Gasteiger partial charge is 0.465 e. The number of nitrogens with one attached hydrogen (secondary N) is 2. The van der Waals surface area contributed by atoms with Crippen molar-refractivity contribution in [3.8, 4) is 22.5 Å². The standard InChI is InChI=1S/C23H22N6O3/c30-22-18(13-20(26-27-22)16-3-5-24-6-4-16)21-12-17-2-1-15(11-19(17)25-21)14-28-7-9-29(10-8-28)23(31)32/h1-6,11-13,25H,7-10,14H2,(H,27,30)(H,31,32). The molecule has 0 aliphatic carbocycles. The van der Waals surface area contributed by atoms with Gasteiger partial charge in [0, 0.05) is 61.6 Å². The van der Waals surface area contributed by atoms with Crippen LogP contribution in [0.1, 0.15) is 5.56 Å². The van der Waals surface area contributed by atoms with Crippen molar-refractivity contribution in [2.24, 2.45) is 0 Å². The number of piperazine rings is 1. The normalized spacial score (nSPS) is 14.7. The van der Waals surface area contributed by atoms with Gasteiger partial charge in [-0.3, -0.25) is 14.7 Å². The van der Waals surface area contributed by atoms with Gasteiger partial charge in [-0.05, 0) is 35.9 Å². The zero-order valence-electron chi connectivity index (χ0n) is 17.3. The van der Waals surface area contributed by atoms with E-state index in [2.05, 4.69) is 37.2 Å². The molecular weight excluding hydrogens is 408 g/mol. The third kappa shape index (κ3) is 3.97. The Balaban J connectivity index is 1.39. The van der Waals surface area contributed by atoms with E-state index in [1.54, 1.807) is 18.5 Å². The first kappa shape index (κ1) is 20.0. The monoisotopic (exact) mass is 430 g/mol. The minimum Gasteiger partial charge on any atom is -0.465 e. The van der Waals surface area contributed by atoms with E-state index in [0.717, 1.165) is 34.3 Å². The molecule has 32 heavy (non-hydrogen) atoms. The summed E-state index contributed by atoms with van der Waals surface area (Å²) < 4.78 is 0. The Bertz CT molecular complexity index is 1320. The van der Waals surface area contributed by atoms with Crippen molar-refractivity contribution in [1.82, 2.24) is 30.0 Å². The van der Waals surface area contributed by atoms with Crippen LogP contribution in [-0.2, 0) is 6.54 Å². The number of carboxylic acid groups (broad SMARTS) is 1. The zero-order valence-corrected chi connectivity index (χ0v) is 17.3.